The fourth-order valence-electron chi connectivity index (χ4n) is 4.51. The highest BCUT2D eigenvalue weighted by Gasteiger charge is 2.56. The van der Waals surface area contributed by atoms with Crippen molar-refractivity contribution in [1.82, 2.24) is 9.88 Å². The summed E-state index contributed by atoms with van der Waals surface area (Å²) in [6.07, 6.45) is 0. The molecule has 2 N–H and O–H groups in total. The first kappa shape index (κ1) is 21.0. The number of nitriles is 1. The number of ether oxygens (including phenoxy) is 1. The van der Waals surface area contributed by atoms with Crippen LogP contribution < -0.4 is 15.4 Å². The van der Waals surface area contributed by atoms with Gasteiger partial charge in [0.05, 0.1) is 31.2 Å². The number of pyridine rings is 1. The van der Waals surface area contributed by atoms with E-state index in [1.165, 1.54) is 4.90 Å². The Morgan fingerprint density at radius 3 is 2.85 bits per heavy atom. The van der Waals surface area contributed by atoms with Crippen molar-refractivity contribution < 1.29 is 9.53 Å². The Bertz CT molecular complexity index is 1310. The highest BCUT2D eigenvalue weighted by atomic mass is 32.1. The highest BCUT2D eigenvalue weighted by molar-refractivity contribution is 7.10. The van der Waals surface area contributed by atoms with Crippen molar-refractivity contribution in [3.05, 3.63) is 64.4 Å². The number of amides is 1. The zero-order valence-electron chi connectivity index (χ0n) is 18.2. The molecular formula is C24H22N6O2S. The van der Waals surface area contributed by atoms with E-state index < -0.39 is 11.5 Å². The maximum atomic E-state index is 13.3. The van der Waals surface area contributed by atoms with Gasteiger partial charge >= 0.3 is 0 Å². The number of guanidine groups is 1. The van der Waals surface area contributed by atoms with Gasteiger partial charge in [-0.15, -0.1) is 11.3 Å². The molecule has 1 aromatic carbocycles. The number of fused-ring (bicyclic) bond motifs is 1. The van der Waals surface area contributed by atoms with Crippen molar-refractivity contribution in [2.45, 2.75) is 5.54 Å². The molecule has 1 saturated heterocycles. The van der Waals surface area contributed by atoms with E-state index in [2.05, 4.69) is 22.0 Å². The van der Waals surface area contributed by atoms with E-state index in [4.69, 9.17) is 15.5 Å². The molecule has 9 heteroatoms. The number of anilines is 1. The van der Waals surface area contributed by atoms with Crippen LogP contribution in [0.25, 0.3) is 11.1 Å². The summed E-state index contributed by atoms with van der Waals surface area (Å²) in [7, 11) is 3.24. The summed E-state index contributed by atoms with van der Waals surface area (Å²) >= 11 is 1.55. The first-order chi connectivity index (χ1) is 15.9. The summed E-state index contributed by atoms with van der Waals surface area (Å²) in [5.74, 6) is 0.983. The number of rotatable bonds is 4. The fraction of sp³-hybridized carbons (Fsp3) is 0.250. The number of thiophene rings is 1. The Kier molecular flexibility index (Phi) is 5.02. The summed E-state index contributed by atoms with van der Waals surface area (Å²) in [5.41, 5.74) is 7.93. The lowest BCUT2D eigenvalue weighted by Gasteiger charge is -2.36. The van der Waals surface area contributed by atoms with Gasteiger partial charge in [0.1, 0.15) is 11.4 Å². The van der Waals surface area contributed by atoms with Crippen LogP contribution in [0.4, 0.5) is 5.82 Å². The molecule has 2 atom stereocenters. The Morgan fingerprint density at radius 1 is 1.24 bits per heavy atom. The van der Waals surface area contributed by atoms with Crippen LogP contribution >= 0.6 is 11.3 Å². The lowest BCUT2D eigenvalue weighted by atomic mass is 9.83. The third-order valence-electron chi connectivity index (χ3n) is 6.29. The quantitative estimate of drug-likeness (QED) is 0.644. The maximum absolute atomic E-state index is 13.3. The van der Waals surface area contributed by atoms with Gasteiger partial charge in [0.15, 0.2) is 5.96 Å². The first-order valence-electron chi connectivity index (χ1n) is 10.4. The monoisotopic (exact) mass is 458 g/mol. The summed E-state index contributed by atoms with van der Waals surface area (Å²) in [4.78, 5) is 27.2. The van der Waals surface area contributed by atoms with E-state index in [1.807, 2.05) is 35.7 Å². The average molecular weight is 459 g/mol. The van der Waals surface area contributed by atoms with E-state index >= 15 is 0 Å². The van der Waals surface area contributed by atoms with Crippen molar-refractivity contribution >= 4 is 29.0 Å². The molecule has 8 nitrogen and oxygen atoms in total. The van der Waals surface area contributed by atoms with Gasteiger partial charge in [-0.05, 0) is 40.8 Å². The molecule has 5 rings (SSSR count). The number of hydrogen-bond donors (Lipinski definition) is 1. The van der Waals surface area contributed by atoms with Gasteiger partial charge < -0.3 is 15.4 Å². The lowest BCUT2D eigenvalue weighted by Crippen LogP contribution is -2.54. The second kappa shape index (κ2) is 7.90. The van der Waals surface area contributed by atoms with Gasteiger partial charge in [-0.1, -0.05) is 18.2 Å². The van der Waals surface area contributed by atoms with E-state index in [1.54, 1.807) is 37.6 Å². The molecule has 1 amide bonds. The number of carbonyl (C=O) groups excluding carboxylic acids is 1. The fourth-order valence-corrected chi connectivity index (χ4v) is 5.62. The molecule has 2 aromatic heterocycles. The third kappa shape index (κ3) is 3.39. The van der Waals surface area contributed by atoms with Crippen LogP contribution in [-0.4, -0.2) is 49.0 Å². The Labute approximate surface area is 195 Å². The zero-order chi connectivity index (χ0) is 23.2. The first-order valence-corrected chi connectivity index (χ1v) is 11.3. The molecule has 2 aliphatic rings. The molecular weight excluding hydrogens is 436 g/mol. The van der Waals surface area contributed by atoms with Crippen molar-refractivity contribution in [2.24, 2.45) is 16.6 Å². The van der Waals surface area contributed by atoms with E-state index in [9.17, 15) is 10.1 Å². The third-order valence-corrected chi connectivity index (χ3v) is 7.39. The molecule has 4 heterocycles. The summed E-state index contributed by atoms with van der Waals surface area (Å²) in [5, 5.41) is 11.3. The molecule has 166 valence electrons. The van der Waals surface area contributed by atoms with Crippen molar-refractivity contribution in [3.8, 4) is 23.1 Å². The van der Waals surface area contributed by atoms with Gasteiger partial charge in [0.25, 0.3) is 0 Å². The van der Waals surface area contributed by atoms with Crippen molar-refractivity contribution in [2.75, 3.05) is 32.1 Å². The molecule has 0 spiro atoms. The highest BCUT2D eigenvalue weighted by Crippen LogP contribution is 2.48. The number of nitrogens with two attached hydrogens (primary N) is 1. The van der Waals surface area contributed by atoms with E-state index in [-0.39, 0.29) is 11.9 Å². The van der Waals surface area contributed by atoms with Crippen LogP contribution in [0.3, 0.4) is 0 Å². The SMILES string of the molecule is COc1cccc(N2C[C@H]3C(=O)N(C)C(N)=N[C@@]3(c3cc(-c4cccc(C#N)c4)cs3)C2)n1. The number of methoxy groups -OCH3 is 1. The smallest absolute Gasteiger partial charge is 0.236 e. The number of nitrogens with zero attached hydrogens (tertiary/aromatic N) is 5. The predicted molar refractivity (Wildman–Crippen MR) is 127 cm³/mol. The van der Waals surface area contributed by atoms with Crippen molar-refractivity contribution in [3.63, 3.8) is 0 Å². The lowest BCUT2D eigenvalue weighted by molar-refractivity contribution is -0.132. The molecule has 0 radical (unpaired) electrons. The Hall–Kier alpha value is -3.90. The Balaban J connectivity index is 1.59. The van der Waals surface area contributed by atoms with Crippen LogP contribution in [0.1, 0.15) is 10.4 Å². The van der Waals surface area contributed by atoms with E-state index in [0.29, 0.717) is 24.5 Å². The molecule has 0 bridgehead atoms. The Morgan fingerprint density at radius 2 is 2.06 bits per heavy atom. The number of benzene rings is 1. The molecule has 0 unspecified atom stereocenters. The van der Waals surface area contributed by atoms with Crippen LogP contribution in [0, 0.1) is 17.2 Å². The minimum Gasteiger partial charge on any atom is -0.481 e. The largest absolute Gasteiger partial charge is 0.481 e. The predicted octanol–water partition coefficient (Wildman–Crippen LogP) is 2.81. The number of carbonyl (C=O) groups is 1. The number of hydrogen-bond acceptors (Lipinski definition) is 8. The van der Waals surface area contributed by atoms with Gasteiger partial charge in [-0.25, -0.2) is 4.99 Å². The minimum absolute atomic E-state index is 0.0608. The second-order valence-corrected chi connectivity index (χ2v) is 9.07. The van der Waals surface area contributed by atoms with E-state index in [0.717, 1.165) is 21.8 Å². The molecule has 2 aliphatic heterocycles. The number of aromatic nitrogens is 1. The average Bonchev–Trinajstić information content (AvgIpc) is 3.49. The normalized spacial score (nSPS) is 22.0. The van der Waals surface area contributed by atoms with Crippen LogP contribution in [-0.2, 0) is 10.3 Å². The molecule has 0 aliphatic carbocycles. The maximum Gasteiger partial charge on any atom is 0.236 e. The van der Waals surface area contributed by atoms with Crippen LogP contribution in [0.5, 0.6) is 5.88 Å². The standard InChI is InChI=1S/C24H22N6O2S/c1-29-22(31)18-12-30(20-7-4-8-21(27-20)32-2)14-24(18,28-23(29)26)19-10-17(13-33-19)16-6-3-5-15(9-16)11-25/h3-10,13,18H,12,14H2,1-2H3,(H2,26,28)/t18-,24-/m0/s1. The van der Waals surface area contributed by atoms with Crippen LogP contribution in [0.15, 0.2) is 58.9 Å². The van der Waals surface area contributed by atoms with Gasteiger partial charge in [-0.3, -0.25) is 9.69 Å². The van der Waals surface area contributed by atoms with Gasteiger partial charge in [0, 0.05) is 24.5 Å². The molecule has 3 aromatic rings. The summed E-state index contributed by atoms with van der Waals surface area (Å²) in [6.45, 7) is 0.938. The number of aliphatic imine (C=N–C) groups is 1. The molecule has 33 heavy (non-hydrogen) atoms. The van der Waals surface area contributed by atoms with Crippen LogP contribution in [0.2, 0.25) is 0 Å². The molecule has 0 saturated carbocycles. The topological polar surface area (TPSA) is 108 Å². The second-order valence-electron chi connectivity index (χ2n) is 8.16. The minimum atomic E-state index is -0.811. The van der Waals surface area contributed by atoms with Gasteiger partial charge in [-0.2, -0.15) is 10.2 Å². The molecule has 1 fully saturated rings. The summed E-state index contributed by atoms with van der Waals surface area (Å²) < 4.78 is 5.29. The summed E-state index contributed by atoms with van der Waals surface area (Å²) in [6, 6.07) is 17.3. The van der Waals surface area contributed by atoms with Gasteiger partial charge in [0.2, 0.25) is 11.8 Å². The zero-order valence-corrected chi connectivity index (χ0v) is 19.0. The van der Waals surface area contributed by atoms with Crippen molar-refractivity contribution in [1.29, 1.82) is 5.26 Å².